The summed E-state index contributed by atoms with van der Waals surface area (Å²) < 4.78 is 43.4. The molecular weight excluding hydrogens is 793 g/mol. The Morgan fingerprint density at radius 3 is 2.42 bits per heavy atom. The fourth-order valence-corrected chi connectivity index (χ4v) is 10.5. The van der Waals surface area contributed by atoms with Crippen molar-refractivity contribution in [3.05, 3.63) is 86.7 Å². The molecule has 60 heavy (non-hydrogen) atoms. The number of carbonyl (C=O) groups is 3. The number of hydrogen-bond acceptors (Lipinski definition) is 12. The van der Waals surface area contributed by atoms with E-state index in [2.05, 4.69) is 34.2 Å². The van der Waals surface area contributed by atoms with Gasteiger partial charge in [0.15, 0.2) is 6.23 Å². The Bertz CT molecular complexity index is 2210. The predicted octanol–water partition coefficient (Wildman–Crippen LogP) is 4.85. The van der Waals surface area contributed by atoms with Crippen molar-refractivity contribution in [2.45, 2.75) is 75.5 Å². The molecule has 6 heterocycles. The van der Waals surface area contributed by atoms with Crippen LogP contribution in [-0.4, -0.2) is 128 Å². The molecule has 3 atom stereocenters. The number of imide groups is 1. The average Bonchev–Trinajstić information content (AvgIpc) is 3.81. The molecular formula is C44H53F2N7O6S. The summed E-state index contributed by atoms with van der Waals surface area (Å²) in [4.78, 5) is 48.7. The number of nitrogens with one attached hydrogen (secondary N) is 2. The van der Waals surface area contributed by atoms with Crippen LogP contribution in [0.3, 0.4) is 0 Å². The predicted molar refractivity (Wildman–Crippen MR) is 226 cm³/mol. The van der Waals surface area contributed by atoms with Gasteiger partial charge in [0.1, 0.15) is 17.5 Å². The Balaban J connectivity index is 0.894. The highest BCUT2D eigenvalue weighted by Gasteiger charge is 2.47. The molecule has 0 aliphatic carbocycles. The van der Waals surface area contributed by atoms with E-state index in [1.165, 1.54) is 11.3 Å². The van der Waals surface area contributed by atoms with Gasteiger partial charge in [-0.3, -0.25) is 24.6 Å². The molecule has 1 aromatic heterocycles. The number of anilines is 1. The van der Waals surface area contributed by atoms with E-state index in [1.54, 1.807) is 38.4 Å². The highest BCUT2D eigenvalue weighted by molar-refractivity contribution is 7.15. The van der Waals surface area contributed by atoms with Gasteiger partial charge < -0.3 is 39.5 Å². The molecule has 2 aromatic carbocycles. The second kappa shape index (κ2) is 16.4. The van der Waals surface area contributed by atoms with Gasteiger partial charge in [0, 0.05) is 91.4 Å². The quantitative estimate of drug-likeness (QED) is 0.243. The topological polar surface area (TPSA) is 130 Å². The summed E-state index contributed by atoms with van der Waals surface area (Å²) in [5.74, 6) is -3.01. The van der Waals surface area contributed by atoms with Crippen LogP contribution >= 0.6 is 11.3 Å². The number of nitrogens with zero attached hydrogens (tertiary/aromatic N) is 5. The molecule has 3 saturated heterocycles. The molecule has 5 aliphatic heterocycles. The molecule has 0 bridgehead atoms. The Hall–Kier alpha value is -5.03. The third-order valence-electron chi connectivity index (χ3n) is 12.6. The minimum Gasteiger partial charge on any atom is -0.496 e. The normalized spacial score (nSPS) is 23.4. The van der Waals surface area contributed by atoms with Gasteiger partial charge in [0.2, 0.25) is 11.8 Å². The van der Waals surface area contributed by atoms with E-state index < -0.39 is 36.7 Å². The molecule has 3 fully saturated rings. The number of halogens is 2. The maximum Gasteiger partial charge on any atom is 0.280 e. The standard InChI is InChI=1S/C44H53F2N7O6S/c1-25-30-8-7-29(17-27(30)21-53(25)34-9-10-39(54)48-41(34)55)51-14-11-28(12-15-51)52-16-13-38(44(45,46)24-52)47-42(56)37-20-31-40(60-37)32(23-50(4)43(31)57)26-18-35(58-5)33(22-49(2)3)36(19-26)59-6/h7-8,17-20,23,28,34,38,43,57H,1,9-16,21-22,24H2,2-6H3,(H,47,56)(H,48,54,55). The summed E-state index contributed by atoms with van der Waals surface area (Å²) in [7, 11) is 8.85. The minimum atomic E-state index is -3.15. The zero-order valence-corrected chi connectivity index (χ0v) is 35.5. The van der Waals surface area contributed by atoms with E-state index in [0.29, 0.717) is 67.5 Å². The highest BCUT2D eigenvalue weighted by Crippen LogP contribution is 2.45. The summed E-state index contributed by atoms with van der Waals surface area (Å²) in [6.07, 6.45) is 3.10. The Morgan fingerprint density at radius 2 is 1.77 bits per heavy atom. The number of methoxy groups -OCH3 is 2. The van der Waals surface area contributed by atoms with Crippen molar-refractivity contribution in [2.24, 2.45) is 0 Å². The molecule has 3 amide bonds. The van der Waals surface area contributed by atoms with Crippen LogP contribution in [0.15, 0.2) is 49.2 Å². The number of benzene rings is 2. The number of alkyl halides is 2. The number of carbonyl (C=O) groups excluding carboxylic acids is 3. The van der Waals surface area contributed by atoms with Crippen molar-refractivity contribution in [3.63, 3.8) is 0 Å². The second-order valence-electron chi connectivity index (χ2n) is 16.7. The lowest BCUT2D eigenvalue weighted by Gasteiger charge is -2.45. The lowest BCUT2D eigenvalue weighted by atomic mass is 9.95. The third-order valence-corrected chi connectivity index (χ3v) is 13.8. The van der Waals surface area contributed by atoms with Crippen molar-refractivity contribution in [3.8, 4) is 11.5 Å². The van der Waals surface area contributed by atoms with Gasteiger partial charge in [-0.05, 0) is 81.2 Å². The fourth-order valence-electron chi connectivity index (χ4n) is 9.36. The van der Waals surface area contributed by atoms with Crippen LogP contribution < -0.4 is 25.0 Å². The minimum absolute atomic E-state index is 0.0112. The highest BCUT2D eigenvalue weighted by atomic mass is 32.1. The van der Waals surface area contributed by atoms with Crippen LogP contribution in [0.2, 0.25) is 0 Å². The van der Waals surface area contributed by atoms with Crippen molar-refractivity contribution in [2.75, 3.05) is 66.4 Å². The van der Waals surface area contributed by atoms with E-state index >= 15 is 8.78 Å². The number of piperidine rings is 3. The monoisotopic (exact) mass is 845 g/mol. The zero-order chi connectivity index (χ0) is 42.6. The lowest BCUT2D eigenvalue weighted by molar-refractivity contribution is -0.136. The smallest absolute Gasteiger partial charge is 0.280 e. The SMILES string of the molecule is C=C1c2ccc(N3CCC(N4CCC(NC(=O)c5cc6c(s5)C(c5cc(OC)c(CN(C)C)c(OC)c5)=CN(C)C6O)C(F)(F)C4)CC3)cc2CN1C1CCC(=O)NC1=O. The molecule has 16 heteroatoms. The summed E-state index contributed by atoms with van der Waals surface area (Å²) in [6.45, 7) is 6.79. The maximum absolute atomic E-state index is 15.9. The molecule has 3 unspecified atom stereocenters. The van der Waals surface area contributed by atoms with Gasteiger partial charge >= 0.3 is 0 Å². The molecule has 8 rings (SSSR count). The van der Waals surface area contributed by atoms with Gasteiger partial charge in [0.05, 0.1) is 37.2 Å². The molecule has 13 nitrogen and oxygen atoms in total. The van der Waals surface area contributed by atoms with Crippen LogP contribution in [0.1, 0.15) is 80.7 Å². The number of ether oxygens (including phenoxy) is 2. The molecule has 0 spiro atoms. The first-order valence-corrected chi connectivity index (χ1v) is 21.2. The van der Waals surface area contributed by atoms with Crippen LogP contribution in [0.25, 0.3) is 11.3 Å². The summed E-state index contributed by atoms with van der Waals surface area (Å²) in [5.41, 5.74) is 6.80. The van der Waals surface area contributed by atoms with Crippen LogP contribution in [0, 0.1) is 0 Å². The number of amides is 3. The molecule has 320 valence electrons. The first-order chi connectivity index (χ1) is 28.6. The Labute approximate surface area is 353 Å². The van der Waals surface area contributed by atoms with Crippen molar-refractivity contribution >= 4 is 46.0 Å². The summed E-state index contributed by atoms with van der Waals surface area (Å²) in [5, 5.41) is 16.2. The number of fused-ring (bicyclic) bond motifs is 2. The Morgan fingerprint density at radius 1 is 1.05 bits per heavy atom. The van der Waals surface area contributed by atoms with Gasteiger partial charge in [-0.2, -0.15) is 0 Å². The summed E-state index contributed by atoms with van der Waals surface area (Å²) >= 11 is 1.17. The molecule has 3 aromatic rings. The largest absolute Gasteiger partial charge is 0.496 e. The van der Waals surface area contributed by atoms with Gasteiger partial charge in [0.25, 0.3) is 11.8 Å². The van der Waals surface area contributed by atoms with Crippen molar-refractivity contribution in [1.29, 1.82) is 0 Å². The number of hydrogen-bond donors (Lipinski definition) is 3. The van der Waals surface area contributed by atoms with Crippen molar-refractivity contribution in [1.82, 2.24) is 30.2 Å². The first-order valence-electron chi connectivity index (χ1n) is 20.4. The van der Waals surface area contributed by atoms with Crippen LogP contribution in [-0.2, 0) is 22.7 Å². The molecule has 0 radical (unpaired) electrons. The van der Waals surface area contributed by atoms with Crippen molar-refractivity contribution < 1.29 is 37.7 Å². The molecule has 0 saturated carbocycles. The molecule has 3 N–H and O–H groups in total. The van der Waals surface area contributed by atoms with E-state index in [4.69, 9.17) is 9.47 Å². The van der Waals surface area contributed by atoms with E-state index in [1.807, 2.05) is 47.0 Å². The van der Waals surface area contributed by atoms with E-state index in [0.717, 1.165) is 52.1 Å². The van der Waals surface area contributed by atoms with E-state index in [9.17, 15) is 19.5 Å². The number of aliphatic hydroxyl groups is 1. The van der Waals surface area contributed by atoms with Gasteiger partial charge in [-0.25, -0.2) is 8.78 Å². The molecule has 5 aliphatic rings. The lowest BCUT2D eigenvalue weighted by Crippen LogP contribution is -2.61. The number of aliphatic hydroxyl groups excluding tert-OH is 1. The zero-order valence-electron chi connectivity index (χ0n) is 34.7. The Kier molecular flexibility index (Phi) is 11.4. The van der Waals surface area contributed by atoms with Crippen LogP contribution in [0.4, 0.5) is 14.5 Å². The number of likely N-dealkylation sites (tertiary alicyclic amines) is 1. The summed E-state index contributed by atoms with van der Waals surface area (Å²) in [6, 6.07) is 9.86. The third kappa shape index (κ3) is 7.85. The average molecular weight is 846 g/mol. The van der Waals surface area contributed by atoms with E-state index in [-0.39, 0.29) is 29.2 Å². The number of thiophene rings is 1. The number of rotatable bonds is 10. The second-order valence-corrected chi connectivity index (χ2v) is 17.8. The van der Waals surface area contributed by atoms with Gasteiger partial charge in [-0.15, -0.1) is 11.3 Å². The van der Waals surface area contributed by atoms with Crippen LogP contribution in [0.5, 0.6) is 11.5 Å². The maximum atomic E-state index is 15.9. The van der Waals surface area contributed by atoms with Gasteiger partial charge in [-0.1, -0.05) is 12.6 Å². The first kappa shape index (κ1) is 41.7. The fraction of sp³-hybridized carbons (Fsp3) is 0.477.